The highest BCUT2D eigenvalue weighted by Gasteiger charge is 2.13. The Morgan fingerprint density at radius 3 is 2.76 bits per heavy atom. The van der Waals surface area contributed by atoms with E-state index in [1.54, 1.807) is 22.9 Å². The molecule has 0 unspecified atom stereocenters. The minimum absolute atomic E-state index is 0.114. The molecule has 1 aromatic carbocycles. The van der Waals surface area contributed by atoms with Crippen LogP contribution in [0.25, 0.3) is 0 Å². The lowest BCUT2D eigenvalue weighted by atomic mass is 9.96. The lowest BCUT2D eigenvalue weighted by Crippen LogP contribution is -2.29. The van der Waals surface area contributed by atoms with Gasteiger partial charge in [-0.3, -0.25) is 14.4 Å². The fourth-order valence-corrected chi connectivity index (χ4v) is 3.23. The van der Waals surface area contributed by atoms with E-state index in [9.17, 15) is 9.18 Å². The minimum atomic E-state index is -0.460. The maximum atomic E-state index is 13.8. The normalized spacial score (nSPS) is 16.0. The molecule has 0 spiro atoms. The van der Waals surface area contributed by atoms with Crippen molar-refractivity contribution in [2.75, 3.05) is 7.11 Å². The van der Waals surface area contributed by atoms with Gasteiger partial charge in [-0.1, -0.05) is 31.4 Å². The molecule has 0 aliphatic heterocycles. The van der Waals surface area contributed by atoms with Crippen LogP contribution in [0.4, 0.5) is 4.39 Å². The first kappa shape index (κ1) is 17.4. The van der Waals surface area contributed by atoms with Crippen LogP contribution in [0, 0.1) is 5.82 Å². The number of carbonyl (C=O) groups is 1. The van der Waals surface area contributed by atoms with Crippen molar-refractivity contribution < 1.29 is 13.9 Å². The molecule has 25 heavy (non-hydrogen) atoms. The van der Waals surface area contributed by atoms with E-state index < -0.39 is 5.82 Å². The molecule has 1 fully saturated rings. The van der Waals surface area contributed by atoms with Crippen LogP contribution in [0.5, 0.6) is 5.75 Å². The van der Waals surface area contributed by atoms with Crippen molar-refractivity contribution in [1.82, 2.24) is 4.57 Å². The molecule has 4 nitrogen and oxygen atoms in total. The van der Waals surface area contributed by atoms with Crippen LogP contribution in [0.2, 0.25) is 0 Å². The summed E-state index contributed by atoms with van der Waals surface area (Å²) in [6.07, 6.45) is 7.65. The van der Waals surface area contributed by atoms with Crippen LogP contribution in [0.1, 0.15) is 42.5 Å². The second-order valence-electron chi connectivity index (χ2n) is 6.39. The van der Waals surface area contributed by atoms with E-state index in [0.717, 1.165) is 12.8 Å². The Bertz CT molecular complexity index is 807. The minimum Gasteiger partial charge on any atom is -0.494 e. The third-order valence-corrected chi connectivity index (χ3v) is 4.57. The van der Waals surface area contributed by atoms with E-state index >= 15 is 0 Å². The van der Waals surface area contributed by atoms with E-state index in [1.165, 1.54) is 32.4 Å². The molecule has 0 N–H and O–H groups in total. The van der Waals surface area contributed by atoms with Crippen molar-refractivity contribution in [2.24, 2.45) is 4.99 Å². The lowest BCUT2D eigenvalue weighted by Gasteiger charge is -2.17. The number of ether oxygens (including phenoxy) is 1. The zero-order valence-corrected chi connectivity index (χ0v) is 14.5. The third kappa shape index (κ3) is 4.35. The molecule has 1 aromatic heterocycles. The van der Waals surface area contributed by atoms with Gasteiger partial charge in [-0.25, -0.2) is 4.39 Å². The summed E-state index contributed by atoms with van der Waals surface area (Å²) < 4.78 is 20.3. The third-order valence-electron chi connectivity index (χ3n) is 4.57. The zero-order chi connectivity index (χ0) is 17.6. The van der Waals surface area contributed by atoms with Gasteiger partial charge in [0.15, 0.2) is 11.6 Å². The van der Waals surface area contributed by atoms with Crippen molar-refractivity contribution in [3.8, 4) is 5.75 Å². The SMILES string of the molecule is COc1ccc(CC(=O)n2ccccc2=NC2CCCCC2)cc1F. The Morgan fingerprint density at radius 1 is 1.24 bits per heavy atom. The highest BCUT2D eigenvalue weighted by Crippen LogP contribution is 2.20. The molecule has 3 rings (SSSR count). The molecule has 0 bridgehead atoms. The number of methoxy groups -OCH3 is 1. The lowest BCUT2D eigenvalue weighted by molar-refractivity contribution is 0.0908. The molecular formula is C20H23FN2O2. The standard InChI is InChI=1S/C20H23FN2O2/c1-25-18-11-10-15(13-17(18)21)14-20(24)23-12-6-5-9-19(23)22-16-7-3-2-4-8-16/h5-6,9-13,16H,2-4,7-8,14H2,1H3. The van der Waals surface area contributed by atoms with Gasteiger partial charge in [-0.15, -0.1) is 0 Å². The summed E-state index contributed by atoms with van der Waals surface area (Å²) in [5.41, 5.74) is 1.29. The summed E-state index contributed by atoms with van der Waals surface area (Å²) in [6, 6.07) is 10.4. The van der Waals surface area contributed by atoms with E-state index in [1.807, 2.05) is 18.2 Å². The molecule has 0 amide bonds. The quantitative estimate of drug-likeness (QED) is 0.849. The summed E-state index contributed by atoms with van der Waals surface area (Å²) in [7, 11) is 1.42. The molecule has 0 atom stereocenters. The Labute approximate surface area is 147 Å². The van der Waals surface area contributed by atoms with E-state index in [4.69, 9.17) is 9.73 Å². The molecular weight excluding hydrogens is 319 g/mol. The number of hydrogen-bond acceptors (Lipinski definition) is 3. The first-order valence-electron chi connectivity index (χ1n) is 8.74. The van der Waals surface area contributed by atoms with E-state index in [2.05, 4.69) is 0 Å². The van der Waals surface area contributed by atoms with Crippen molar-refractivity contribution >= 4 is 5.91 Å². The van der Waals surface area contributed by atoms with Crippen LogP contribution in [0.3, 0.4) is 0 Å². The number of aromatic nitrogens is 1. The number of halogens is 1. The molecule has 0 radical (unpaired) electrons. The topological polar surface area (TPSA) is 43.6 Å². The first-order valence-corrected chi connectivity index (χ1v) is 8.74. The zero-order valence-electron chi connectivity index (χ0n) is 14.5. The molecule has 1 heterocycles. The summed E-state index contributed by atoms with van der Waals surface area (Å²) in [6.45, 7) is 0. The number of carbonyl (C=O) groups excluding carboxylic acids is 1. The van der Waals surface area contributed by atoms with Crippen LogP contribution in [0.15, 0.2) is 47.6 Å². The summed E-state index contributed by atoms with van der Waals surface area (Å²) in [4.78, 5) is 17.5. The summed E-state index contributed by atoms with van der Waals surface area (Å²) in [5, 5.41) is 0. The molecule has 132 valence electrons. The number of rotatable bonds is 4. The molecule has 5 heteroatoms. The molecule has 0 saturated heterocycles. The van der Waals surface area contributed by atoms with Crippen LogP contribution >= 0.6 is 0 Å². The number of hydrogen-bond donors (Lipinski definition) is 0. The highest BCUT2D eigenvalue weighted by atomic mass is 19.1. The fourth-order valence-electron chi connectivity index (χ4n) is 3.23. The van der Waals surface area contributed by atoms with Gasteiger partial charge in [0.05, 0.1) is 19.6 Å². The van der Waals surface area contributed by atoms with Gasteiger partial charge >= 0.3 is 0 Å². The number of benzene rings is 1. The van der Waals surface area contributed by atoms with Crippen LogP contribution in [-0.2, 0) is 6.42 Å². The van der Waals surface area contributed by atoms with Crippen LogP contribution < -0.4 is 10.2 Å². The molecule has 1 saturated carbocycles. The Hall–Kier alpha value is -2.43. The van der Waals surface area contributed by atoms with Crippen molar-refractivity contribution in [3.63, 3.8) is 0 Å². The first-order chi connectivity index (χ1) is 12.2. The van der Waals surface area contributed by atoms with Gasteiger partial charge < -0.3 is 4.74 Å². The highest BCUT2D eigenvalue weighted by molar-refractivity contribution is 5.81. The Kier molecular flexibility index (Phi) is 5.64. The van der Waals surface area contributed by atoms with Crippen molar-refractivity contribution in [3.05, 3.63) is 59.5 Å². The van der Waals surface area contributed by atoms with Crippen molar-refractivity contribution in [1.29, 1.82) is 0 Å². The predicted molar refractivity (Wildman–Crippen MR) is 94.2 cm³/mol. The maximum Gasteiger partial charge on any atom is 0.236 e. The summed E-state index contributed by atoms with van der Waals surface area (Å²) >= 11 is 0. The molecule has 2 aromatic rings. The Balaban J connectivity index is 1.82. The van der Waals surface area contributed by atoms with E-state index in [0.29, 0.717) is 11.1 Å². The maximum absolute atomic E-state index is 13.8. The summed E-state index contributed by atoms with van der Waals surface area (Å²) in [5.74, 6) is -0.408. The number of pyridine rings is 1. The second-order valence-corrected chi connectivity index (χ2v) is 6.39. The van der Waals surface area contributed by atoms with Gasteiger partial charge in [0.2, 0.25) is 5.91 Å². The second kappa shape index (κ2) is 8.10. The van der Waals surface area contributed by atoms with E-state index in [-0.39, 0.29) is 24.1 Å². The van der Waals surface area contributed by atoms with Gasteiger partial charge in [0.25, 0.3) is 0 Å². The molecule has 1 aliphatic carbocycles. The molecule has 1 aliphatic rings. The monoisotopic (exact) mass is 342 g/mol. The average molecular weight is 342 g/mol. The van der Waals surface area contributed by atoms with Crippen LogP contribution in [-0.4, -0.2) is 23.6 Å². The smallest absolute Gasteiger partial charge is 0.236 e. The van der Waals surface area contributed by atoms with Gasteiger partial charge in [0.1, 0.15) is 5.49 Å². The fraction of sp³-hybridized carbons (Fsp3) is 0.400. The average Bonchev–Trinajstić information content (AvgIpc) is 2.63. The van der Waals surface area contributed by atoms with Crippen molar-refractivity contribution in [2.45, 2.75) is 44.6 Å². The van der Waals surface area contributed by atoms with Gasteiger partial charge in [0, 0.05) is 6.20 Å². The van der Waals surface area contributed by atoms with Gasteiger partial charge in [-0.05, 0) is 42.7 Å². The Morgan fingerprint density at radius 2 is 2.04 bits per heavy atom. The van der Waals surface area contributed by atoms with Gasteiger partial charge in [-0.2, -0.15) is 0 Å². The number of nitrogens with zero attached hydrogens (tertiary/aromatic N) is 2. The predicted octanol–water partition coefficient (Wildman–Crippen LogP) is 3.75. The largest absolute Gasteiger partial charge is 0.494 e.